The minimum Gasteiger partial charge on any atom is -0.497 e. The predicted molar refractivity (Wildman–Crippen MR) is 123 cm³/mol. The van der Waals surface area contributed by atoms with E-state index in [-0.39, 0.29) is 11.9 Å². The molecule has 0 saturated carbocycles. The molecule has 1 aromatic heterocycles. The first kappa shape index (κ1) is 21.4. The fourth-order valence-electron chi connectivity index (χ4n) is 3.99. The Bertz CT molecular complexity index is 1030. The lowest BCUT2D eigenvalue weighted by molar-refractivity contribution is -0.129. The number of rotatable bonds is 7. The highest BCUT2D eigenvalue weighted by Crippen LogP contribution is 2.34. The van der Waals surface area contributed by atoms with E-state index in [1.165, 1.54) is 17.3 Å². The summed E-state index contributed by atoms with van der Waals surface area (Å²) in [7, 11) is 1.67. The summed E-state index contributed by atoms with van der Waals surface area (Å²) in [5, 5.41) is 9.03. The van der Waals surface area contributed by atoms with Crippen molar-refractivity contribution < 1.29 is 9.53 Å². The molecule has 1 aliphatic rings. The van der Waals surface area contributed by atoms with Gasteiger partial charge in [-0.15, -0.1) is 10.2 Å². The largest absolute Gasteiger partial charge is 0.497 e. The topological polar surface area (TPSA) is 60.2 Å². The molecule has 2 heterocycles. The molecule has 0 radical (unpaired) electrons. The highest BCUT2D eigenvalue weighted by atomic mass is 32.2. The SMILES string of the molecule is COc1cccc([C@@H]2CCCN2C(=O)CSc2nncn2-c2ccc(C(C)C)cc2)c1. The molecule has 1 saturated heterocycles. The van der Waals surface area contributed by atoms with Crippen LogP contribution in [0.4, 0.5) is 0 Å². The molecule has 1 aliphatic heterocycles. The summed E-state index contributed by atoms with van der Waals surface area (Å²) in [5.41, 5.74) is 3.42. The van der Waals surface area contributed by atoms with E-state index in [1.54, 1.807) is 13.4 Å². The zero-order valence-electron chi connectivity index (χ0n) is 18.2. The first-order valence-corrected chi connectivity index (χ1v) is 11.6. The maximum Gasteiger partial charge on any atom is 0.233 e. The van der Waals surface area contributed by atoms with E-state index < -0.39 is 0 Å². The van der Waals surface area contributed by atoms with Gasteiger partial charge in [0.15, 0.2) is 5.16 Å². The number of hydrogen-bond donors (Lipinski definition) is 0. The van der Waals surface area contributed by atoms with Gasteiger partial charge in [-0.2, -0.15) is 0 Å². The number of carbonyl (C=O) groups excluding carboxylic acids is 1. The van der Waals surface area contributed by atoms with Crippen molar-refractivity contribution in [1.29, 1.82) is 0 Å². The van der Waals surface area contributed by atoms with E-state index in [9.17, 15) is 4.79 Å². The van der Waals surface area contributed by atoms with Gasteiger partial charge >= 0.3 is 0 Å². The van der Waals surface area contributed by atoms with Crippen molar-refractivity contribution in [3.05, 3.63) is 66.0 Å². The van der Waals surface area contributed by atoms with E-state index >= 15 is 0 Å². The molecule has 0 unspecified atom stereocenters. The molecule has 0 aliphatic carbocycles. The van der Waals surface area contributed by atoms with Gasteiger partial charge in [0.05, 0.1) is 18.9 Å². The number of methoxy groups -OCH3 is 1. The normalized spacial score (nSPS) is 16.1. The van der Waals surface area contributed by atoms with Gasteiger partial charge in [-0.25, -0.2) is 0 Å². The van der Waals surface area contributed by atoms with Crippen LogP contribution in [-0.4, -0.2) is 45.0 Å². The number of thioether (sulfide) groups is 1. The summed E-state index contributed by atoms with van der Waals surface area (Å²) in [6.45, 7) is 5.14. The Hall–Kier alpha value is -2.80. The van der Waals surface area contributed by atoms with Crippen molar-refractivity contribution in [2.24, 2.45) is 0 Å². The molecule has 6 nitrogen and oxygen atoms in total. The van der Waals surface area contributed by atoms with Crippen LogP contribution in [0, 0.1) is 0 Å². The van der Waals surface area contributed by atoms with Gasteiger partial charge < -0.3 is 9.64 Å². The molecule has 1 amide bonds. The first-order valence-electron chi connectivity index (χ1n) is 10.6. The third kappa shape index (κ3) is 4.77. The summed E-state index contributed by atoms with van der Waals surface area (Å²) in [6, 6.07) is 16.5. The smallest absolute Gasteiger partial charge is 0.233 e. The van der Waals surface area contributed by atoms with E-state index in [0.717, 1.165) is 41.5 Å². The number of amides is 1. The van der Waals surface area contributed by atoms with Crippen molar-refractivity contribution in [3.63, 3.8) is 0 Å². The highest BCUT2D eigenvalue weighted by Gasteiger charge is 2.30. The summed E-state index contributed by atoms with van der Waals surface area (Å²) >= 11 is 1.43. The van der Waals surface area contributed by atoms with Crippen molar-refractivity contribution in [1.82, 2.24) is 19.7 Å². The molecule has 0 bridgehead atoms. The Labute approximate surface area is 187 Å². The third-order valence-electron chi connectivity index (χ3n) is 5.73. The molecule has 0 spiro atoms. The third-order valence-corrected chi connectivity index (χ3v) is 6.66. The lowest BCUT2D eigenvalue weighted by atomic mass is 10.0. The average molecular weight is 437 g/mol. The monoisotopic (exact) mass is 436 g/mol. The average Bonchev–Trinajstić information content (AvgIpc) is 3.47. The number of hydrogen-bond acceptors (Lipinski definition) is 5. The number of likely N-dealkylation sites (tertiary alicyclic amines) is 1. The van der Waals surface area contributed by atoms with Gasteiger partial charge in [-0.3, -0.25) is 9.36 Å². The Balaban J connectivity index is 1.44. The second-order valence-electron chi connectivity index (χ2n) is 8.04. The Morgan fingerprint density at radius 2 is 2.03 bits per heavy atom. The molecule has 7 heteroatoms. The Kier molecular flexibility index (Phi) is 6.61. The second kappa shape index (κ2) is 9.56. The van der Waals surface area contributed by atoms with Crippen molar-refractivity contribution in [2.75, 3.05) is 19.4 Å². The van der Waals surface area contributed by atoms with Crippen LogP contribution in [0.25, 0.3) is 5.69 Å². The zero-order valence-corrected chi connectivity index (χ0v) is 19.0. The zero-order chi connectivity index (χ0) is 21.8. The van der Waals surface area contributed by atoms with Gasteiger partial charge in [-0.05, 0) is 54.2 Å². The van der Waals surface area contributed by atoms with Crippen LogP contribution in [0.2, 0.25) is 0 Å². The van der Waals surface area contributed by atoms with Gasteiger partial charge in [0.2, 0.25) is 5.91 Å². The fraction of sp³-hybridized carbons (Fsp3) is 0.375. The quantitative estimate of drug-likeness (QED) is 0.495. The molecule has 4 rings (SSSR count). The van der Waals surface area contributed by atoms with Gasteiger partial charge in [-0.1, -0.05) is 49.9 Å². The minimum atomic E-state index is 0.102. The first-order chi connectivity index (χ1) is 15.1. The van der Waals surface area contributed by atoms with E-state index in [2.05, 4.69) is 54.4 Å². The number of nitrogens with zero attached hydrogens (tertiary/aromatic N) is 4. The maximum atomic E-state index is 13.1. The fourth-order valence-corrected chi connectivity index (χ4v) is 4.80. The lowest BCUT2D eigenvalue weighted by Crippen LogP contribution is -2.32. The Morgan fingerprint density at radius 1 is 1.23 bits per heavy atom. The molecule has 1 fully saturated rings. The van der Waals surface area contributed by atoms with Crippen molar-refractivity contribution in [3.8, 4) is 11.4 Å². The summed E-state index contributed by atoms with van der Waals surface area (Å²) in [5.74, 6) is 1.77. The summed E-state index contributed by atoms with van der Waals surface area (Å²) in [6.07, 6.45) is 3.69. The molecule has 31 heavy (non-hydrogen) atoms. The standard InChI is InChI=1S/C24H28N4O2S/c1-17(2)18-9-11-20(12-10-18)28-16-25-26-24(28)31-15-23(29)27-13-5-8-22(27)19-6-4-7-21(14-19)30-3/h4,6-7,9-12,14,16-17,22H,5,8,13,15H2,1-3H3/t22-/m0/s1. The van der Waals surface area contributed by atoms with Gasteiger partial charge in [0, 0.05) is 12.2 Å². The molecule has 2 aromatic carbocycles. The number of benzene rings is 2. The molecule has 0 N–H and O–H groups in total. The van der Waals surface area contributed by atoms with Crippen LogP contribution in [0.1, 0.15) is 49.8 Å². The lowest BCUT2D eigenvalue weighted by Gasteiger charge is -2.25. The number of ether oxygens (including phenoxy) is 1. The molecule has 1 atom stereocenters. The van der Waals surface area contributed by atoms with Crippen LogP contribution in [0.5, 0.6) is 5.75 Å². The number of carbonyl (C=O) groups is 1. The second-order valence-corrected chi connectivity index (χ2v) is 8.98. The van der Waals surface area contributed by atoms with Crippen molar-refractivity contribution in [2.45, 2.75) is 43.8 Å². The van der Waals surface area contributed by atoms with Crippen LogP contribution >= 0.6 is 11.8 Å². The van der Waals surface area contributed by atoms with Gasteiger partial charge in [0.25, 0.3) is 0 Å². The van der Waals surface area contributed by atoms with Crippen LogP contribution in [0.15, 0.2) is 60.0 Å². The highest BCUT2D eigenvalue weighted by molar-refractivity contribution is 7.99. The maximum absolute atomic E-state index is 13.1. The Morgan fingerprint density at radius 3 is 2.77 bits per heavy atom. The molecular formula is C24H28N4O2S. The van der Waals surface area contributed by atoms with Crippen LogP contribution in [-0.2, 0) is 4.79 Å². The predicted octanol–water partition coefficient (Wildman–Crippen LogP) is 4.86. The van der Waals surface area contributed by atoms with E-state index in [4.69, 9.17) is 4.74 Å². The van der Waals surface area contributed by atoms with E-state index in [0.29, 0.717) is 11.7 Å². The van der Waals surface area contributed by atoms with Crippen LogP contribution < -0.4 is 4.74 Å². The van der Waals surface area contributed by atoms with Crippen molar-refractivity contribution >= 4 is 17.7 Å². The van der Waals surface area contributed by atoms with E-state index in [1.807, 2.05) is 27.7 Å². The summed E-state index contributed by atoms with van der Waals surface area (Å²) in [4.78, 5) is 15.0. The molecular weight excluding hydrogens is 408 g/mol. The molecule has 162 valence electrons. The minimum absolute atomic E-state index is 0.102. The summed E-state index contributed by atoms with van der Waals surface area (Å²) < 4.78 is 7.29. The van der Waals surface area contributed by atoms with Crippen LogP contribution in [0.3, 0.4) is 0 Å². The van der Waals surface area contributed by atoms with Gasteiger partial charge in [0.1, 0.15) is 12.1 Å². The number of aromatic nitrogens is 3. The molecule has 3 aromatic rings.